The van der Waals surface area contributed by atoms with Crippen LogP contribution in [-0.2, 0) is 30.7 Å². The van der Waals surface area contributed by atoms with E-state index in [1.54, 1.807) is 17.0 Å². The van der Waals surface area contributed by atoms with Gasteiger partial charge < -0.3 is 30.1 Å². The van der Waals surface area contributed by atoms with Crippen LogP contribution >= 0.6 is 0 Å². The van der Waals surface area contributed by atoms with Crippen LogP contribution < -0.4 is 15.5 Å². The summed E-state index contributed by atoms with van der Waals surface area (Å²) in [7, 11) is 2.12. The molecule has 1 aromatic heterocycles. The minimum absolute atomic E-state index is 0.143. The summed E-state index contributed by atoms with van der Waals surface area (Å²) >= 11 is 0. The third-order valence-corrected chi connectivity index (χ3v) is 8.33. The molecule has 240 valence electrons. The van der Waals surface area contributed by atoms with Crippen molar-refractivity contribution in [2.45, 2.75) is 60.5 Å². The van der Waals surface area contributed by atoms with Crippen molar-refractivity contribution in [3.05, 3.63) is 70.4 Å². The van der Waals surface area contributed by atoms with E-state index < -0.39 is 6.09 Å². The fourth-order valence-electron chi connectivity index (χ4n) is 5.63. The van der Waals surface area contributed by atoms with Crippen molar-refractivity contribution in [2.75, 3.05) is 55.4 Å². The highest BCUT2D eigenvalue weighted by Crippen LogP contribution is 2.32. The molecule has 0 spiro atoms. The molecular weight excluding hydrogens is 570 g/mol. The number of fused-ring (bicyclic) bond motifs is 1. The first-order chi connectivity index (χ1) is 21.5. The van der Waals surface area contributed by atoms with Crippen LogP contribution in [0.25, 0.3) is 0 Å². The van der Waals surface area contributed by atoms with Crippen LogP contribution in [0.2, 0.25) is 0 Å². The lowest BCUT2D eigenvalue weighted by atomic mass is 9.99. The topological polar surface area (TPSA) is 112 Å². The highest BCUT2D eigenvalue weighted by atomic mass is 16.6. The average Bonchev–Trinajstić information content (AvgIpc) is 3.60. The zero-order chi connectivity index (χ0) is 32.3. The van der Waals surface area contributed by atoms with Gasteiger partial charge in [0.25, 0.3) is 5.91 Å². The number of ether oxygens (including phenoxy) is 1. The Morgan fingerprint density at radius 3 is 2.13 bits per heavy atom. The van der Waals surface area contributed by atoms with Gasteiger partial charge in [0.1, 0.15) is 0 Å². The number of amides is 3. The van der Waals surface area contributed by atoms with Crippen LogP contribution in [0.5, 0.6) is 0 Å². The molecule has 0 unspecified atom stereocenters. The van der Waals surface area contributed by atoms with Crippen molar-refractivity contribution in [3.8, 4) is 0 Å². The Morgan fingerprint density at radius 1 is 0.889 bits per heavy atom. The monoisotopic (exact) mass is 615 g/mol. The van der Waals surface area contributed by atoms with Gasteiger partial charge >= 0.3 is 12.1 Å². The standard InChI is InChI=1S/C34H45N7O4/c1-7-23-10-9-11-24(8-2)29(23)35-32(43)40-20-27-28(21-40)41(33(44)45-22-34(3,4)5)37-30(27)36-31(42)25-12-14-26(15-13-25)39-18-16-38(6)17-19-39/h9-15H,7-8,16-22H2,1-6H3,(H,35,43)(H,36,37,42). The summed E-state index contributed by atoms with van der Waals surface area (Å²) in [5, 5.41) is 10.5. The number of benzene rings is 2. The molecule has 0 aliphatic carbocycles. The van der Waals surface area contributed by atoms with Gasteiger partial charge in [-0.1, -0.05) is 52.8 Å². The zero-order valence-corrected chi connectivity index (χ0v) is 27.3. The van der Waals surface area contributed by atoms with Gasteiger partial charge in [-0.15, -0.1) is 5.10 Å². The molecule has 11 nitrogen and oxygen atoms in total. The fourth-order valence-corrected chi connectivity index (χ4v) is 5.63. The normalized spacial score (nSPS) is 15.2. The summed E-state index contributed by atoms with van der Waals surface area (Å²) in [4.78, 5) is 46.4. The molecule has 3 heterocycles. The third-order valence-electron chi connectivity index (χ3n) is 8.33. The molecule has 11 heteroatoms. The van der Waals surface area contributed by atoms with Crippen molar-refractivity contribution in [1.29, 1.82) is 0 Å². The number of hydrogen-bond acceptors (Lipinski definition) is 7. The molecule has 5 rings (SSSR count). The van der Waals surface area contributed by atoms with E-state index in [4.69, 9.17) is 4.74 Å². The lowest BCUT2D eigenvalue weighted by Gasteiger charge is -2.34. The highest BCUT2D eigenvalue weighted by Gasteiger charge is 2.34. The second-order valence-electron chi connectivity index (χ2n) is 13.0. The van der Waals surface area contributed by atoms with E-state index in [1.165, 1.54) is 4.68 Å². The summed E-state index contributed by atoms with van der Waals surface area (Å²) in [5.74, 6) is -0.104. The maximum atomic E-state index is 13.6. The molecule has 0 atom stereocenters. The number of nitrogens with zero attached hydrogens (tertiary/aromatic N) is 5. The number of aryl methyl sites for hydroxylation is 2. The lowest BCUT2D eigenvalue weighted by Crippen LogP contribution is -2.44. The van der Waals surface area contributed by atoms with E-state index in [9.17, 15) is 14.4 Å². The molecular formula is C34H45N7O4. The van der Waals surface area contributed by atoms with Gasteiger partial charge in [0.15, 0.2) is 5.82 Å². The Bertz CT molecular complexity index is 1530. The number of likely N-dealkylation sites (N-methyl/N-ethyl adjacent to an activating group) is 1. The molecule has 3 aromatic rings. The van der Waals surface area contributed by atoms with Crippen LogP contribution in [0.3, 0.4) is 0 Å². The molecule has 2 aromatic carbocycles. The Balaban J connectivity index is 1.36. The number of urea groups is 1. The molecule has 0 radical (unpaired) electrons. The predicted molar refractivity (Wildman–Crippen MR) is 176 cm³/mol. The summed E-state index contributed by atoms with van der Waals surface area (Å²) in [6, 6.07) is 13.3. The number of hydrogen-bond donors (Lipinski definition) is 2. The van der Waals surface area contributed by atoms with Gasteiger partial charge in [0.2, 0.25) is 0 Å². The van der Waals surface area contributed by atoms with Crippen molar-refractivity contribution >= 4 is 35.2 Å². The first-order valence-corrected chi connectivity index (χ1v) is 15.8. The molecule has 0 bridgehead atoms. The van der Waals surface area contributed by atoms with Gasteiger partial charge in [0.05, 0.1) is 25.4 Å². The molecule has 2 aliphatic rings. The van der Waals surface area contributed by atoms with Crippen LogP contribution in [-0.4, -0.2) is 77.4 Å². The Kier molecular flexibility index (Phi) is 9.48. The van der Waals surface area contributed by atoms with Crippen molar-refractivity contribution in [1.82, 2.24) is 19.6 Å². The van der Waals surface area contributed by atoms with Gasteiger partial charge in [0, 0.05) is 48.7 Å². The van der Waals surface area contributed by atoms with Crippen LogP contribution in [0.15, 0.2) is 42.5 Å². The van der Waals surface area contributed by atoms with E-state index in [0.29, 0.717) is 16.8 Å². The van der Waals surface area contributed by atoms with E-state index >= 15 is 0 Å². The number of piperazine rings is 1. The van der Waals surface area contributed by atoms with Crippen molar-refractivity contribution in [3.63, 3.8) is 0 Å². The number of carbonyl (C=O) groups is 3. The number of para-hydroxylation sites is 1. The van der Waals surface area contributed by atoms with E-state index in [-0.39, 0.29) is 42.9 Å². The van der Waals surface area contributed by atoms with Crippen LogP contribution in [0.4, 0.5) is 26.8 Å². The molecule has 1 fully saturated rings. The minimum atomic E-state index is -0.648. The Labute approximate surface area is 265 Å². The first-order valence-electron chi connectivity index (χ1n) is 15.8. The molecule has 3 amide bonds. The largest absolute Gasteiger partial charge is 0.447 e. The molecule has 2 N–H and O–H groups in total. The molecule has 1 saturated heterocycles. The second-order valence-corrected chi connectivity index (χ2v) is 13.0. The summed E-state index contributed by atoms with van der Waals surface area (Å²) in [6.07, 6.45) is 0.917. The third kappa shape index (κ3) is 7.30. The van der Waals surface area contributed by atoms with Gasteiger partial charge in [-0.2, -0.15) is 4.68 Å². The fraction of sp³-hybridized carbons (Fsp3) is 0.471. The molecule has 2 aliphatic heterocycles. The number of nitrogens with one attached hydrogen (secondary N) is 2. The molecule has 0 saturated carbocycles. The SMILES string of the molecule is CCc1cccc(CC)c1NC(=O)N1Cc2c(NC(=O)c3ccc(N4CCN(C)CC4)cc3)nn(C(=O)OCC(C)(C)C)c2C1. The van der Waals surface area contributed by atoms with E-state index in [0.717, 1.165) is 61.5 Å². The van der Waals surface area contributed by atoms with Crippen LogP contribution in [0.1, 0.15) is 67.4 Å². The minimum Gasteiger partial charge on any atom is -0.447 e. The van der Waals surface area contributed by atoms with Crippen LogP contribution in [0, 0.1) is 5.41 Å². The number of rotatable bonds is 7. The Hall–Kier alpha value is -4.38. The Morgan fingerprint density at radius 2 is 1.53 bits per heavy atom. The quantitative estimate of drug-likeness (QED) is 0.356. The first kappa shape index (κ1) is 32.0. The maximum absolute atomic E-state index is 13.6. The van der Waals surface area contributed by atoms with Gasteiger partial charge in [-0.3, -0.25) is 4.79 Å². The second kappa shape index (κ2) is 13.3. The smallest absolute Gasteiger partial charge is 0.435 e. The predicted octanol–water partition coefficient (Wildman–Crippen LogP) is 5.59. The lowest BCUT2D eigenvalue weighted by molar-refractivity contribution is 0.101. The van der Waals surface area contributed by atoms with Gasteiger partial charge in [-0.25, -0.2) is 9.59 Å². The number of anilines is 3. The average molecular weight is 616 g/mol. The maximum Gasteiger partial charge on any atom is 0.435 e. The van der Waals surface area contributed by atoms with Crippen molar-refractivity contribution < 1.29 is 19.1 Å². The summed E-state index contributed by atoms with van der Waals surface area (Å²) in [6.45, 7) is 14.4. The number of aromatic nitrogens is 2. The van der Waals surface area contributed by atoms with Crippen molar-refractivity contribution in [2.24, 2.45) is 5.41 Å². The van der Waals surface area contributed by atoms with E-state index in [2.05, 4.69) is 46.4 Å². The van der Waals surface area contributed by atoms with E-state index in [1.807, 2.05) is 51.1 Å². The molecule has 45 heavy (non-hydrogen) atoms. The summed E-state index contributed by atoms with van der Waals surface area (Å²) in [5.41, 5.74) is 5.37. The zero-order valence-electron chi connectivity index (χ0n) is 27.3. The number of carbonyl (C=O) groups excluding carboxylic acids is 3. The summed E-state index contributed by atoms with van der Waals surface area (Å²) < 4.78 is 6.75. The van der Waals surface area contributed by atoms with Gasteiger partial charge in [-0.05, 0) is 60.7 Å². The highest BCUT2D eigenvalue weighted by molar-refractivity contribution is 6.04.